The molecule has 0 spiro atoms. The van der Waals surface area contributed by atoms with Crippen LogP contribution in [0, 0.1) is 19.8 Å². The molecule has 0 bridgehead atoms. The van der Waals surface area contributed by atoms with Crippen molar-refractivity contribution < 1.29 is 27.4 Å². The predicted molar refractivity (Wildman–Crippen MR) is 106 cm³/mol. The molecule has 1 aromatic heterocycles. The average molecular weight is 425 g/mol. The van der Waals surface area contributed by atoms with Gasteiger partial charge in [-0.3, -0.25) is 0 Å². The fraction of sp³-hybridized carbons (Fsp3) is 0.476. The summed E-state index contributed by atoms with van der Waals surface area (Å²) in [4.78, 5) is 19.6. The number of primary amides is 1. The number of hydrogen-bond donors (Lipinski definition) is 1. The Morgan fingerprint density at radius 2 is 1.83 bits per heavy atom. The summed E-state index contributed by atoms with van der Waals surface area (Å²) in [6, 6.07) is 5.35. The van der Waals surface area contributed by atoms with Crippen LogP contribution in [0.2, 0.25) is 0 Å². The van der Waals surface area contributed by atoms with Gasteiger partial charge in [-0.15, -0.1) is 0 Å². The van der Waals surface area contributed by atoms with Gasteiger partial charge in [0.2, 0.25) is 0 Å². The summed E-state index contributed by atoms with van der Waals surface area (Å²) in [5.74, 6) is 0.204. The second-order valence-corrected chi connectivity index (χ2v) is 7.91. The molecule has 2 aromatic rings. The minimum Gasteiger partial charge on any atom is -0.489 e. The van der Waals surface area contributed by atoms with E-state index in [-0.39, 0.29) is 18.3 Å². The Morgan fingerprint density at radius 3 is 2.37 bits per heavy atom. The SMILES string of the molecule is Cc1cc(-c2ccc(OC[C@](C)(CC(C)C)OC(N)=O)c(C(F)(F)F)c2)nc(C)n1. The fourth-order valence-electron chi connectivity index (χ4n) is 3.37. The topological polar surface area (TPSA) is 87.3 Å². The highest BCUT2D eigenvalue weighted by molar-refractivity contribution is 5.65. The maximum atomic E-state index is 13.7. The molecule has 164 valence electrons. The number of amides is 1. The van der Waals surface area contributed by atoms with E-state index in [1.807, 2.05) is 13.8 Å². The zero-order chi connectivity index (χ0) is 22.7. The molecule has 1 atom stereocenters. The van der Waals surface area contributed by atoms with Crippen LogP contribution in [-0.2, 0) is 10.9 Å². The first-order chi connectivity index (χ1) is 13.8. The van der Waals surface area contributed by atoms with Crippen molar-refractivity contribution in [2.24, 2.45) is 11.7 Å². The molecule has 2 rings (SSSR count). The molecule has 6 nitrogen and oxygen atoms in total. The zero-order valence-corrected chi connectivity index (χ0v) is 17.6. The Hall–Kier alpha value is -2.84. The third-order valence-corrected chi connectivity index (χ3v) is 4.27. The first-order valence-corrected chi connectivity index (χ1v) is 9.44. The van der Waals surface area contributed by atoms with E-state index in [1.165, 1.54) is 12.1 Å². The number of ether oxygens (including phenoxy) is 2. The van der Waals surface area contributed by atoms with Gasteiger partial charge in [-0.1, -0.05) is 13.8 Å². The summed E-state index contributed by atoms with van der Waals surface area (Å²) in [6.07, 6.45) is -5.29. The normalized spacial score (nSPS) is 13.8. The largest absolute Gasteiger partial charge is 0.489 e. The van der Waals surface area contributed by atoms with E-state index in [1.54, 1.807) is 26.8 Å². The Morgan fingerprint density at radius 1 is 1.17 bits per heavy atom. The number of nitrogens with two attached hydrogens (primary N) is 1. The van der Waals surface area contributed by atoms with E-state index in [9.17, 15) is 18.0 Å². The molecule has 1 heterocycles. The lowest BCUT2D eigenvalue weighted by molar-refractivity contribution is -0.139. The van der Waals surface area contributed by atoms with E-state index >= 15 is 0 Å². The second kappa shape index (κ2) is 8.89. The van der Waals surface area contributed by atoms with Gasteiger partial charge in [0.25, 0.3) is 0 Å². The monoisotopic (exact) mass is 425 g/mol. The molecular weight excluding hydrogens is 399 g/mol. The second-order valence-electron chi connectivity index (χ2n) is 7.91. The number of carbonyl (C=O) groups is 1. The van der Waals surface area contributed by atoms with Crippen molar-refractivity contribution in [3.05, 3.63) is 41.3 Å². The van der Waals surface area contributed by atoms with Crippen LogP contribution in [0.25, 0.3) is 11.3 Å². The van der Waals surface area contributed by atoms with Gasteiger partial charge >= 0.3 is 12.3 Å². The summed E-state index contributed by atoms with van der Waals surface area (Å²) < 4.78 is 51.8. The molecule has 0 unspecified atom stereocenters. The number of nitrogens with zero attached hydrogens (tertiary/aromatic N) is 2. The van der Waals surface area contributed by atoms with Gasteiger partial charge < -0.3 is 15.2 Å². The van der Waals surface area contributed by atoms with E-state index < -0.39 is 23.4 Å². The van der Waals surface area contributed by atoms with Crippen molar-refractivity contribution in [1.29, 1.82) is 0 Å². The van der Waals surface area contributed by atoms with Crippen molar-refractivity contribution in [2.75, 3.05) is 6.61 Å². The number of carbonyl (C=O) groups excluding carboxylic acids is 1. The van der Waals surface area contributed by atoms with Crippen LogP contribution in [0.4, 0.5) is 18.0 Å². The van der Waals surface area contributed by atoms with Gasteiger partial charge in [0, 0.05) is 11.3 Å². The molecule has 0 radical (unpaired) electrons. The molecule has 2 N–H and O–H groups in total. The Balaban J connectivity index is 2.39. The third-order valence-electron chi connectivity index (χ3n) is 4.27. The molecule has 9 heteroatoms. The lowest BCUT2D eigenvalue weighted by Gasteiger charge is -2.30. The van der Waals surface area contributed by atoms with Gasteiger partial charge in [-0.05, 0) is 57.4 Å². The van der Waals surface area contributed by atoms with Crippen LogP contribution < -0.4 is 10.5 Å². The molecule has 0 aliphatic heterocycles. The molecule has 0 saturated heterocycles. The van der Waals surface area contributed by atoms with Crippen molar-refractivity contribution >= 4 is 6.09 Å². The lowest BCUT2D eigenvalue weighted by atomic mass is 9.95. The number of aromatic nitrogens is 2. The van der Waals surface area contributed by atoms with Crippen molar-refractivity contribution in [3.63, 3.8) is 0 Å². The molecule has 0 aliphatic rings. The molecule has 30 heavy (non-hydrogen) atoms. The number of alkyl halides is 3. The van der Waals surface area contributed by atoms with Gasteiger partial charge in [0.15, 0.2) is 0 Å². The summed E-state index contributed by atoms with van der Waals surface area (Å²) in [5, 5.41) is 0. The molecular formula is C21H26F3N3O3. The maximum Gasteiger partial charge on any atom is 0.419 e. The Bertz CT molecular complexity index is 896. The summed E-state index contributed by atoms with van der Waals surface area (Å²) in [6.45, 7) is 8.50. The molecule has 1 aromatic carbocycles. The standard InChI is InChI=1S/C21H26F3N3O3/c1-12(2)10-20(5,30-19(25)28)11-29-18-7-6-15(9-16(18)21(22,23)24)17-8-13(3)26-14(4)27-17/h6-9,12H,10-11H2,1-5H3,(H2,25,28)/t20-/m0/s1. The highest BCUT2D eigenvalue weighted by Gasteiger charge is 2.36. The van der Waals surface area contributed by atoms with Gasteiger partial charge in [-0.25, -0.2) is 14.8 Å². The van der Waals surface area contributed by atoms with Gasteiger partial charge in [0.1, 0.15) is 23.8 Å². The quantitative estimate of drug-likeness (QED) is 0.670. The first-order valence-electron chi connectivity index (χ1n) is 9.44. The average Bonchev–Trinajstić information content (AvgIpc) is 2.56. The van der Waals surface area contributed by atoms with Crippen molar-refractivity contribution in [1.82, 2.24) is 9.97 Å². The van der Waals surface area contributed by atoms with Crippen LogP contribution in [0.15, 0.2) is 24.3 Å². The summed E-state index contributed by atoms with van der Waals surface area (Å²) >= 11 is 0. The molecule has 0 aliphatic carbocycles. The smallest absolute Gasteiger partial charge is 0.419 e. The molecule has 0 saturated carbocycles. The third kappa shape index (κ3) is 6.33. The number of aryl methyl sites for hydroxylation is 2. The first kappa shape index (κ1) is 23.4. The molecule has 1 amide bonds. The van der Waals surface area contributed by atoms with Crippen LogP contribution in [0.5, 0.6) is 5.75 Å². The van der Waals surface area contributed by atoms with E-state index in [4.69, 9.17) is 15.2 Å². The van der Waals surface area contributed by atoms with Crippen LogP contribution in [0.3, 0.4) is 0 Å². The number of benzene rings is 1. The Kier molecular flexibility index (Phi) is 6.95. The number of halogens is 3. The van der Waals surface area contributed by atoms with E-state index in [2.05, 4.69) is 9.97 Å². The minimum absolute atomic E-state index is 0.103. The minimum atomic E-state index is -4.65. The highest BCUT2D eigenvalue weighted by atomic mass is 19.4. The summed E-state index contributed by atoms with van der Waals surface area (Å²) in [7, 11) is 0. The zero-order valence-electron chi connectivity index (χ0n) is 17.6. The van der Waals surface area contributed by atoms with Crippen molar-refractivity contribution in [2.45, 2.75) is 52.8 Å². The highest BCUT2D eigenvalue weighted by Crippen LogP contribution is 2.39. The van der Waals surface area contributed by atoms with Crippen LogP contribution in [-0.4, -0.2) is 28.3 Å². The number of hydrogen-bond acceptors (Lipinski definition) is 5. The van der Waals surface area contributed by atoms with Crippen LogP contribution in [0.1, 0.15) is 44.3 Å². The van der Waals surface area contributed by atoms with Gasteiger partial charge in [-0.2, -0.15) is 13.2 Å². The van der Waals surface area contributed by atoms with Crippen LogP contribution >= 0.6 is 0 Å². The predicted octanol–water partition coefficient (Wildman–Crippen LogP) is 5.06. The number of rotatable bonds is 7. The lowest BCUT2D eigenvalue weighted by Crippen LogP contribution is -2.41. The molecule has 0 fully saturated rings. The van der Waals surface area contributed by atoms with E-state index in [0.717, 1.165) is 6.07 Å². The Labute approximate surface area is 173 Å². The van der Waals surface area contributed by atoms with E-state index in [0.29, 0.717) is 29.2 Å². The fourth-order valence-corrected chi connectivity index (χ4v) is 3.37. The maximum absolute atomic E-state index is 13.7. The summed E-state index contributed by atoms with van der Waals surface area (Å²) in [5.41, 5.74) is 4.35. The van der Waals surface area contributed by atoms with Crippen molar-refractivity contribution in [3.8, 4) is 17.0 Å². The van der Waals surface area contributed by atoms with Gasteiger partial charge in [0.05, 0.1) is 11.3 Å².